The van der Waals surface area contributed by atoms with E-state index in [4.69, 9.17) is 4.52 Å². The summed E-state index contributed by atoms with van der Waals surface area (Å²) in [6.45, 7) is 2.86. The van der Waals surface area contributed by atoms with Crippen molar-refractivity contribution in [3.63, 3.8) is 0 Å². The smallest absolute Gasteiger partial charge is 0.265 e. The second kappa shape index (κ2) is 5.53. The molecule has 0 aliphatic heterocycles. The molecule has 2 aromatic rings. The Hall–Kier alpha value is -2.04. The molecule has 1 heterocycles. The van der Waals surface area contributed by atoms with Crippen molar-refractivity contribution in [2.45, 2.75) is 13.3 Å². The van der Waals surface area contributed by atoms with E-state index < -0.39 is 0 Å². The fourth-order valence-electron chi connectivity index (χ4n) is 1.60. The second-order valence-corrected chi connectivity index (χ2v) is 4.37. The Kier molecular flexibility index (Phi) is 3.82. The van der Waals surface area contributed by atoms with Gasteiger partial charge in [-0.3, -0.25) is 0 Å². The third-order valence-electron chi connectivity index (χ3n) is 2.66. The van der Waals surface area contributed by atoms with Crippen molar-refractivity contribution in [2.75, 3.05) is 30.9 Å². The normalized spacial score (nSPS) is 10.4. The van der Waals surface area contributed by atoms with Crippen LogP contribution in [0.1, 0.15) is 11.5 Å². The molecule has 0 aliphatic carbocycles. The average molecular weight is 246 g/mol. The van der Waals surface area contributed by atoms with Crippen molar-refractivity contribution < 1.29 is 4.52 Å². The van der Waals surface area contributed by atoms with Crippen molar-refractivity contribution in [3.8, 4) is 0 Å². The van der Waals surface area contributed by atoms with Crippen molar-refractivity contribution in [1.29, 1.82) is 0 Å². The van der Waals surface area contributed by atoms with Crippen molar-refractivity contribution >= 4 is 11.6 Å². The first-order valence-corrected chi connectivity index (χ1v) is 5.96. The van der Waals surface area contributed by atoms with Gasteiger partial charge in [-0.2, -0.15) is 4.98 Å². The number of para-hydroxylation sites is 1. The second-order valence-electron chi connectivity index (χ2n) is 4.37. The average Bonchev–Trinajstić information content (AvgIpc) is 2.80. The van der Waals surface area contributed by atoms with Crippen LogP contribution in [0.3, 0.4) is 0 Å². The van der Waals surface area contributed by atoms with Crippen LogP contribution in [0.2, 0.25) is 0 Å². The molecule has 0 spiro atoms. The number of hydrogen-bond donors (Lipinski definition) is 1. The molecule has 0 atom stereocenters. The van der Waals surface area contributed by atoms with Gasteiger partial charge < -0.3 is 14.7 Å². The standard InChI is InChI=1S/C13H18N4O/c1-10-6-4-5-7-11(10)14-9-8-12-15-13(16-18-12)17(2)3/h4-7,14H,8-9H2,1-3H3. The van der Waals surface area contributed by atoms with Crippen LogP contribution in [-0.4, -0.2) is 30.8 Å². The van der Waals surface area contributed by atoms with E-state index in [0.717, 1.165) is 18.7 Å². The Labute approximate surface area is 107 Å². The minimum absolute atomic E-state index is 0.612. The fraction of sp³-hybridized carbons (Fsp3) is 0.385. The largest absolute Gasteiger partial charge is 0.384 e. The minimum atomic E-state index is 0.612. The molecule has 1 aromatic heterocycles. The summed E-state index contributed by atoms with van der Waals surface area (Å²) in [6, 6.07) is 8.20. The maximum atomic E-state index is 5.15. The van der Waals surface area contributed by atoms with Gasteiger partial charge >= 0.3 is 0 Å². The van der Waals surface area contributed by atoms with E-state index >= 15 is 0 Å². The molecule has 2 rings (SSSR count). The van der Waals surface area contributed by atoms with Crippen LogP contribution in [0.25, 0.3) is 0 Å². The van der Waals surface area contributed by atoms with E-state index in [0.29, 0.717) is 11.8 Å². The molecule has 1 aromatic carbocycles. The van der Waals surface area contributed by atoms with Gasteiger partial charge in [0.05, 0.1) is 0 Å². The van der Waals surface area contributed by atoms with E-state index in [1.54, 1.807) is 0 Å². The summed E-state index contributed by atoms with van der Waals surface area (Å²) in [6.07, 6.45) is 0.717. The maximum absolute atomic E-state index is 5.15. The third-order valence-corrected chi connectivity index (χ3v) is 2.66. The monoisotopic (exact) mass is 246 g/mol. The van der Waals surface area contributed by atoms with Crippen LogP contribution in [-0.2, 0) is 6.42 Å². The first-order valence-electron chi connectivity index (χ1n) is 5.96. The van der Waals surface area contributed by atoms with Gasteiger partial charge in [-0.05, 0) is 23.7 Å². The van der Waals surface area contributed by atoms with Gasteiger partial charge in [-0.25, -0.2) is 0 Å². The first kappa shape index (κ1) is 12.4. The molecule has 18 heavy (non-hydrogen) atoms. The lowest BCUT2D eigenvalue weighted by atomic mass is 10.2. The number of rotatable bonds is 5. The highest BCUT2D eigenvalue weighted by Crippen LogP contribution is 2.13. The Balaban J connectivity index is 1.87. The van der Waals surface area contributed by atoms with Gasteiger partial charge in [0.15, 0.2) is 0 Å². The van der Waals surface area contributed by atoms with Crippen molar-refractivity contribution in [3.05, 3.63) is 35.7 Å². The molecule has 0 fully saturated rings. The number of hydrogen-bond acceptors (Lipinski definition) is 5. The SMILES string of the molecule is Cc1ccccc1NCCc1nc(N(C)C)no1. The van der Waals surface area contributed by atoms with E-state index in [9.17, 15) is 0 Å². The van der Waals surface area contributed by atoms with Gasteiger partial charge in [0, 0.05) is 32.7 Å². The summed E-state index contributed by atoms with van der Waals surface area (Å²) >= 11 is 0. The van der Waals surface area contributed by atoms with Crippen LogP contribution >= 0.6 is 0 Å². The van der Waals surface area contributed by atoms with Crippen molar-refractivity contribution in [1.82, 2.24) is 10.1 Å². The van der Waals surface area contributed by atoms with Crippen LogP contribution in [0.15, 0.2) is 28.8 Å². The van der Waals surface area contributed by atoms with E-state index in [1.807, 2.05) is 31.1 Å². The molecule has 0 aliphatic rings. The molecule has 5 nitrogen and oxygen atoms in total. The van der Waals surface area contributed by atoms with E-state index in [2.05, 4.69) is 34.5 Å². The molecule has 0 saturated carbocycles. The number of aryl methyl sites for hydroxylation is 1. The topological polar surface area (TPSA) is 54.2 Å². The molecule has 0 radical (unpaired) electrons. The lowest BCUT2D eigenvalue weighted by molar-refractivity contribution is 0.380. The maximum Gasteiger partial charge on any atom is 0.265 e. The summed E-state index contributed by atoms with van der Waals surface area (Å²) in [7, 11) is 3.78. The lowest BCUT2D eigenvalue weighted by Crippen LogP contribution is -2.10. The van der Waals surface area contributed by atoms with Gasteiger partial charge in [-0.15, -0.1) is 0 Å². The molecule has 0 amide bonds. The molecule has 96 valence electrons. The zero-order valence-electron chi connectivity index (χ0n) is 11.0. The summed E-state index contributed by atoms with van der Waals surface area (Å²) in [4.78, 5) is 6.09. The zero-order chi connectivity index (χ0) is 13.0. The van der Waals surface area contributed by atoms with Crippen LogP contribution in [0, 0.1) is 6.92 Å². The van der Waals surface area contributed by atoms with E-state index in [1.165, 1.54) is 5.56 Å². The molecule has 0 bridgehead atoms. The van der Waals surface area contributed by atoms with Crippen LogP contribution in [0.5, 0.6) is 0 Å². The third kappa shape index (κ3) is 3.00. The van der Waals surface area contributed by atoms with Gasteiger partial charge in [0.1, 0.15) is 0 Å². The first-order chi connectivity index (χ1) is 8.66. The highest BCUT2D eigenvalue weighted by atomic mass is 16.5. The summed E-state index contributed by atoms with van der Waals surface area (Å²) < 4.78 is 5.15. The van der Waals surface area contributed by atoms with Gasteiger partial charge in [-0.1, -0.05) is 18.2 Å². The van der Waals surface area contributed by atoms with Crippen molar-refractivity contribution in [2.24, 2.45) is 0 Å². The predicted molar refractivity (Wildman–Crippen MR) is 72.0 cm³/mol. The summed E-state index contributed by atoms with van der Waals surface area (Å²) in [5.74, 6) is 1.26. The highest BCUT2D eigenvalue weighted by molar-refractivity contribution is 5.50. The molecule has 1 N–H and O–H groups in total. The Morgan fingerprint density at radius 1 is 1.28 bits per heavy atom. The summed E-state index contributed by atoms with van der Waals surface area (Å²) in [5.41, 5.74) is 2.38. The molecule has 0 unspecified atom stereocenters. The lowest BCUT2D eigenvalue weighted by Gasteiger charge is -2.07. The molecule has 5 heteroatoms. The highest BCUT2D eigenvalue weighted by Gasteiger charge is 2.07. The summed E-state index contributed by atoms with van der Waals surface area (Å²) in [5, 5.41) is 7.23. The number of benzene rings is 1. The number of anilines is 2. The van der Waals surface area contributed by atoms with E-state index in [-0.39, 0.29) is 0 Å². The van der Waals surface area contributed by atoms with Gasteiger partial charge in [0.25, 0.3) is 5.95 Å². The number of nitrogens with one attached hydrogen (secondary N) is 1. The molecule has 0 saturated heterocycles. The number of nitrogens with zero attached hydrogens (tertiary/aromatic N) is 3. The number of aromatic nitrogens is 2. The fourth-order valence-corrected chi connectivity index (χ4v) is 1.60. The Morgan fingerprint density at radius 3 is 2.72 bits per heavy atom. The Bertz CT molecular complexity index is 507. The van der Waals surface area contributed by atoms with Gasteiger partial charge in [0.2, 0.25) is 5.89 Å². The zero-order valence-corrected chi connectivity index (χ0v) is 11.0. The predicted octanol–water partition coefficient (Wildman–Crippen LogP) is 2.10. The quantitative estimate of drug-likeness (QED) is 0.875. The van der Waals surface area contributed by atoms with Crippen LogP contribution in [0.4, 0.5) is 11.6 Å². The Morgan fingerprint density at radius 2 is 2.06 bits per heavy atom. The molecular weight excluding hydrogens is 228 g/mol. The molecular formula is C13H18N4O. The minimum Gasteiger partial charge on any atom is -0.384 e. The van der Waals surface area contributed by atoms with Crippen LogP contribution < -0.4 is 10.2 Å².